The molecular weight excluding hydrogens is 332 g/mol. The van der Waals surface area contributed by atoms with Gasteiger partial charge in [-0.25, -0.2) is 0 Å². The molecule has 1 N–H and O–H groups in total. The fraction of sp³-hybridized carbons (Fsp3) is 0.150. The normalized spacial score (nSPS) is 16.3. The Kier molecular flexibility index (Phi) is 3.93. The highest BCUT2D eigenvalue weighted by molar-refractivity contribution is 7.10. The predicted molar refractivity (Wildman–Crippen MR) is 102 cm³/mol. The summed E-state index contributed by atoms with van der Waals surface area (Å²) in [5, 5.41) is 5.58. The molecule has 2 aromatic carbocycles. The Morgan fingerprint density at radius 1 is 1.08 bits per heavy atom. The van der Waals surface area contributed by atoms with Crippen LogP contribution >= 0.6 is 11.3 Å². The van der Waals surface area contributed by atoms with Crippen LogP contribution in [0.3, 0.4) is 0 Å². The number of benzene rings is 2. The topological polar surface area (TPSA) is 41.6 Å². The van der Waals surface area contributed by atoms with Crippen molar-refractivity contribution >= 4 is 28.6 Å². The minimum absolute atomic E-state index is 0.0309. The zero-order valence-electron chi connectivity index (χ0n) is 14.0. The number of nitrogens with one attached hydrogen (secondary N) is 1. The Bertz CT molecular complexity index is 935. The van der Waals surface area contributed by atoms with Crippen molar-refractivity contribution in [2.24, 2.45) is 0 Å². The van der Waals surface area contributed by atoms with Gasteiger partial charge in [-0.2, -0.15) is 0 Å². The molecule has 0 unspecified atom stereocenters. The third-order valence-corrected chi connectivity index (χ3v) is 5.49. The lowest BCUT2D eigenvalue weighted by Gasteiger charge is -2.38. The van der Waals surface area contributed by atoms with Crippen LogP contribution in [-0.2, 0) is 0 Å². The molecule has 5 heteroatoms. The van der Waals surface area contributed by atoms with Crippen LogP contribution < -0.4 is 15.0 Å². The molecule has 1 aromatic heterocycles. The number of methoxy groups -OCH3 is 1. The lowest BCUT2D eigenvalue weighted by atomic mass is 10.0. The molecule has 0 saturated heterocycles. The second-order valence-corrected chi connectivity index (χ2v) is 6.86. The highest BCUT2D eigenvalue weighted by atomic mass is 32.1. The van der Waals surface area contributed by atoms with E-state index in [0.717, 1.165) is 21.8 Å². The summed E-state index contributed by atoms with van der Waals surface area (Å²) in [6, 6.07) is 17.3. The molecule has 0 saturated carbocycles. The van der Waals surface area contributed by atoms with E-state index >= 15 is 0 Å². The Balaban J connectivity index is 1.91. The van der Waals surface area contributed by atoms with E-state index in [9.17, 15) is 4.79 Å². The number of thiophene rings is 1. The standard InChI is InChI=1S/C20H18N2O2S/c1-13-11-12-25-18(13)19-21-15-8-4-3-7-14(15)20(23)22(19)16-9-5-6-10-17(16)24-2/h3-12,19,21H,1-2H3/t19-/m1/s1. The van der Waals surface area contributed by atoms with E-state index in [2.05, 4.69) is 23.7 Å². The summed E-state index contributed by atoms with van der Waals surface area (Å²) in [5.74, 6) is 0.646. The average Bonchev–Trinajstić information content (AvgIpc) is 3.07. The molecule has 0 fully saturated rings. The van der Waals surface area contributed by atoms with E-state index < -0.39 is 0 Å². The Morgan fingerprint density at radius 2 is 1.84 bits per heavy atom. The minimum atomic E-state index is -0.265. The van der Waals surface area contributed by atoms with Crippen molar-refractivity contribution in [1.29, 1.82) is 0 Å². The largest absolute Gasteiger partial charge is 0.495 e. The average molecular weight is 350 g/mol. The van der Waals surface area contributed by atoms with Crippen LogP contribution in [0, 0.1) is 6.92 Å². The number of amides is 1. The van der Waals surface area contributed by atoms with Gasteiger partial charge in [-0.05, 0) is 48.2 Å². The third-order valence-electron chi connectivity index (χ3n) is 4.42. The monoisotopic (exact) mass is 350 g/mol. The molecule has 3 aromatic rings. The second-order valence-electron chi connectivity index (χ2n) is 5.91. The van der Waals surface area contributed by atoms with Gasteiger partial charge >= 0.3 is 0 Å². The summed E-state index contributed by atoms with van der Waals surface area (Å²) >= 11 is 1.65. The van der Waals surface area contributed by atoms with Gasteiger partial charge in [-0.3, -0.25) is 9.69 Å². The maximum atomic E-state index is 13.3. The van der Waals surface area contributed by atoms with Gasteiger partial charge in [-0.15, -0.1) is 11.3 Å². The number of carbonyl (C=O) groups is 1. The first kappa shape index (κ1) is 15.7. The summed E-state index contributed by atoms with van der Waals surface area (Å²) in [7, 11) is 1.63. The number of nitrogens with zero attached hydrogens (tertiary/aromatic N) is 1. The highest BCUT2D eigenvalue weighted by Crippen LogP contribution is 2.42. The molecule has 4 rings (SSSR count). The van der Waals surface area contributed by atoms with Gasteiger partial charge in [0.1, 0.15) is 11.9 Å². The van der Waals surface area contributed by atoms with Crippen LogP contribution in [0.15, 0.2) is 60.0 Å². The molecule has 25 heavy (non-hydrogen) atoms. The molecule has 0 spiro atoms. The molecule has 1 amide bonds. The molecule has 0 bridgehead atoms. The fourth-order valence-electron chi connectivity index (χ4n) is 3.18. The molecule has 0 radical (unpaired) electrons. The first-order chi connectivity index (χ1) is 12.2. The van der Waals surface area contributed by atoms with Crippen molar-refractivity contribution in [2.45, 2.75) is 13.1 Å². The number of hydrogen-bond acceptors (Lipinski definition) is 4. The quantitative estimate of drug-likeness (QED) is 0.735. The van der Waals surface area contributed by atoms with Crippen LogP contribution in [0.4, 0.5) is 11.4 Å². The first-order valence-corrected chi connectivity index (χ1v) is 8.95. The van der Waals surface area contributed by atoms with E-state index in [0.29, 0.717) is 11.3 Å². The van der Waals surface area contributed by atoms with Gasteiger partial charge in [0.25, 0.3) is 5.91 Å². The van der Waals surface area contributed by atoms with Gasteiger partial charge < -0.3 is 10.1 Å². The summed E-state index contributed by atoms with van der Waals surface area (Å²) in [4.78, 5) is 16.2. The maximum Gasteiger partial charge on any atom is 0.262 e. The van der Waals surface area contributed by atoms with E-state index in [1.165, 1.54) is 0 Å². The van der Waals surface area contributed by atoms with Crippen LogP contribution in [0.2, 0.25) is 0 Å². The van der Waals surface area contributed by atoms with Crippen LogP contribution in [0.1, 0.15) is 27.0 Å². The van der Waals surface area contributed by atoms with Gasteiger partial charge in [0.15, 0.2) is 0 Å². The fourth-order valence-corrected chi connectivity index (χ4v) is 4.14. The molecular formula is C20H18N2O2S. The van der Waals surface area contributed by atoms with Crippen LogP contribution in [0.25, 0.3) is 0 Å². The predicted octanol–water partition coefficient (Wildman–Crippen LogP) is 4.84. The van der Waals surface area contributed by atoms with Crippen LogP contribution in [-0.4, -0.2) is 13.0 Å². The lowest BCUT2D eigenvalue weighted by Crippen LogP contribution is -2.43. The smallest absolute Gasteiger partial charge is 0.262 e. The zero-order valence-corrected chi connectivity index (χ0v) is 14.8. The van der Waals surface area contributed by atoms with Crippen LogP contribution in [0.5, 0.6) is 5.75 Å². The first-order valence-electron chi connectivity index (χ1n) is 8.07. The molecule has 0 aliphatic carbocycles. The number of carbonyl (C=O) groups excluding carboxylic acids is 1. The number of ether oxygens (including phenoxy) is 1. The summed E-state index contributed by atoms with van der Waals surface area (Å²) in [5.41, 5.74) is 3.44. The maximum absolute atomic E-state index is 13.3. The van der Waals surface area contributed by atoms with Gasteiger partial charge in [0.2, 0.25) is 0 Å². The van der Waals surface area contributed by atoms with Crippen molar-refractivity contribution in [1.82, 2.24) is 0 Å². The molecule has 1 atom stereocenters. The SMILES string of the molecule is COc1ccccc1N1C(=O)c2ccccc2N[C@H]1c1sccc1C. The highest BCUT2D eigenvalue weighted by Gasteiger charge is 2.36. The molecule has 126 valence electrons. The number of hydrogen-bond donors (Lipinski definition) is 1. The number of para-hydroxylation sites is 3. The van der Waals surface area contributed by atoms with Gasteiger partial charge in [0, 0.05) is 5.69 Å². The second kappa shape index (κ2) is 6.26. The molecule has 2 heterocycles. The Labute approximate surface area is 150 Å². The third kappa shape index (κ3) is 2.57. The van der Waals surface area contributed by atoms with Crippen molar-refractivity contribution in [3.05, 3.63) is 76.0 Å². The summed E-state index contributed by atoms with van der Waals surface area (Å²) in [6.07, 6.45) is -0.265. The van der Waals surface area contributed by atoms with Crippen molar-refractivity contribution in [3.63, 3.8) is 0 Å². The Hall–Kier alpha value is -2.79. The van der Waals surface area contributed by atoms with Gasteiger partial charge in [-0.1, -0.05) is 24.3 Å². The van der Waals surface area contributed by atoms with E-state index in [1.807, 2.05) is 48.5 Å². The summed E-state index contributed by atoms with van der Waals surface area (Å²) in [6.45, 7) is 2.07. The molecule has 1 aliphatic heterocycles. The molecule has 1 aliphatic rings. The number of fused-ring (bicyclic) bond motifs is 1. The number of anilines is 2. The number of aryl methyl sites for hydroxylation is 1. The summed E-state index contributed by atoms with van der Waals surface area (Å²) < 4.78 is 5.51. The number of rotatable bonds is 3. The minimum Gasteiger partial charge on any atom is -0.495 e. The zero-order chi connectivity index (χ0) is 17.4. The lowest BCUT2D eigenvalue weighted by molar-refractivity contribution is 0.0974. The van der Waals surface area contributed by atoms with Crippen molar-refractivity contribution in [3.8, 4) is 5.75 Å². The van der Waals surface area contributed by atoms with E-state index in [4.69, 9.17) is 4.74 Å². The van der Waals surface area contributed by atoms with Crippen molar-refractivity contribution < 1.29 is 9.53 Å². The van der Waals surface area contributed by atoms with E-state index in [1.54, 1.807) is 23.3 Å². The Morgan fingerprint density at radius 3 is 2.60 bits per heavy atom. The van der Waals surface area contributed by atoms with Crippen molar-refractivity contribution in [2.75, 3.05) is 17.3 Å². The molecule has 4 nitrogen and oxygen atoms in total. The van der Waals surface area contributed by atoms with Gasteiger partial charge in [0.05, 0.1) is 23.2 Å². The van der Waals surface area contributed by atoms with E-state index in [-0.39, 0.29) is 12.1 Å².